The quantitative estimate of drug-likeness (QED) is 0.628. The highest BCUT2D eigenvalue weighted by Gasteiger charge is 2.37. The third-order valence-corrected chi connectivity index (χ3v) is 5.76. The summed E-state index contributed by atoms with van der Waals surface area (Å²) in [5.41, 5.74) is 1.45. The molecule has 1 N–H and O–H groups in total. The molecule has 0 aliphatic carbocycles. The second-order valence-electron chi connectivity index (χ2n) is 9.09. The van der Waals surface area contributed by atoms with Crippen LogP contribution in [0.4, 0.5) is 0 Å². The first kappa shape index (κ1) is 22.2. The third kappa shape index (κ3) is 4.77. The van der Waals surface area contributed by atoms with Crippen LogP contribution in [0.25, 0.3) is 11.0 Å². The monoisotopic (exact) mass is 443 g/mol. The summed E-state index contributed by atoms with van der Waals surface area (Å²) in [7, 11) is 0. The Hall–Kier alpha value is -3.99. The Balaban J connectivity index is 1.52. The lowest BCUT2D eigenvalue weighted by Gasteiger charge is -2.45. The van der Waals surface area contributed by atoms with Gasteiger partial charge >= 0.3 is 0 Å². The fourth-order valence-electron chi connectivity index (χ4n) is 4.08. The molecule has 1 aliphatic heterocycles. The van der Waals surface area contributed by atoms with E-state index in [1.165, 1.54) is 10.6 Å². The van der Waals surface area contributed by atoms with Gasteiger partial charge in [-0.25, -0.2) is 4.98 Å². The number of hydrogen-bond acceptors (Lipinski definition) is 5. The molecule has 3 heterocycles. The maximum absolute atomic E-state index is 13.2. The lowest BCUT2D eigenvalue weighted by molar-refractivity contribution is -0.142. The van der Waals surface area contributed by atoms with Gasteiger partial charge in [0.1, 0.15) is 17.8 Å². The van der Waals surface area contributed by atoms with Gasteiger partial charge in [-0.2, -0.15) is 5.26 Å². The molecule has 168 valence electrons. The first-order valence-corrected chi connectivity index (χ1v) is 10.8. The minimum atomic E-state index is -0.537. The summed E-state index contributed by atoms with van der Waals surface area (Å²) in [5, 5.41) is 12.3. The van der Waals surface area contributed by atoms with Gasteiger partial charge in [-0.15, -0.1) is 0 Å². The number of pyridine rings is 2. The van der Waals surface area contributed by atoms with Crippen LogP contribution in [0.1, 0.15) is 35.3 Å². The molecule has 1 saturated heterocycles. The highest BCUT2D eigenvalue weighted by atomic mass is 16.2. The summed E-state index contributed by atoms with van der Waals surface area (Å²) >= 11 is 0. The van der Waals surface area contributed by atoms with Crippen LogP contribution in [0.3, 0.4) is 0 Å². The van der Waals surface area contributed by atoms with Gasteiger partial charge in [0.25, 0.3) is 11.5 Å². The molecule has 1 aliphatic rings. The molecule has 3 aromatic rings. The number of carbonyl (C=O) groups excluding carboxylic acids is 2. The van der Waals surface area contributed by atoms with Crippen molar-refractivity contribution in [3.63, 3.8) is 0 Å². The minimum Gasteiger partial charge on any atom is -0.352 e. The molecule has 0 spiro atoms. The van der Waals surface area contributed by atoms with Crippen LogP contribution < -0.4 is 10.9 Å². The van der Waals surface area contributed by atoms with Crippen molar-refractivity contribution >= 4 is 22.8 Å². The second kappa shape index (κ2) is 8.87. The van der Waals surface area contributed by atoms with Gasteiger partial charge in [-0.1, -0.05) is 26.0 Å². The Morgan fingerprint density at radius 1 is 1.18 bits per heavy atom. The molecule has 2 aromatic heterocycles. The Labute approximate surface area is 191 Å². The molecule has 1 fully saturated rings. The van der Waals surface area contributed by atoms with E-state index in [0.717, 1.165) is 5.56 Å². The summed E-state index contributed by atoms with van der Waals surface area (Å²) in [5.74, 6) is -0.660. The number of likely N-dealkylation sites (tertiary alicyclic amines) is 1. The normalized spacial score (nSPS) is 14.4. The van der Waals surface area contributed by atoms with Crippen molar-refractivity contribution < 1.29 is 9.59 Å². The van der Waals surface area contributed by atoms with Crippen molar-refractivity contribution in [2.24, 2.45) is 5.41 Å². The predicted molar refractivity (Wildman–Crippen MR) is 124 cm³/mol. The summed E-state index contributed by atoms with van der Waals surface area (Å²) in [6.07, 6.45) is 2.12. The zero-order valence-electron chi connectivity index (χ0n) is 18.7. The van der Waals surface area contributed by atoms with Gasteiger partial charge < -0.3 is 10.2 Å². The van der Waals surface area contributed by atoms with Gasteiger partial charge in [0.05, 0.1) is 11.6 Å². The maximum atomic E-state index is 13.2. The van der Waals surface area contributed by atoms with Crippen LogP contribution in [0, 0.1) is 16.7 Å². The van der Waals surface area contributed by atoms with E-state index in [9.17, 15) is 14.4 Å². The lowest BCUT2D eigenvalue weighted by atomic mass is 9.84. The number of rotatable bonds is 6. The summed E-state index contributed by atoms with van der Waals surface area (Å²) in [4.78, 5) is 44.8. The van der Waals surface area contributed by atoms with E-state index in [1.54, 1.807) is 35.4 Å². The molecule has 0 unspecified atom stereocenters. The number of benzene rings is 1. The molecular weight excluding hydrogens is 418 g/mol. The van der Waals surface area contributed by atoms with Crippen LogP contribution in [0.2, 0.25) is 0 Å². The van der Waals surface area contributed by atoms with Gasteiger partial charge in [-0.3, -0.25) is 19.0 Å². The van der Waals surface area contributed by atoms with Crippen molar-refractivity contribution in [1.29, 1.82) is 5.26 Å². The molecular formula is C25H25N5O3. The topological polar surface area (TPSA) is 108 Å². The second-order valence-corrected chi connectivity index (χ2v) is 9.09. The van der Waals surface area contributed by atoms with E-state index in [-0.39, 0.29) is 23.4 Å². The Kier molecular flexibility index (Phi) is 5.97. The van der Waals surface area contributed by atoms with Crippen LogP contribution in [-0.4, -0.2) is 45.9 Å². The number of nitrogens with one attached hydrogen (secondary N) is 1. The average Bonchev–Trinajstić information content (AvgIpc) is 2.79. The molecule has 8 nitrogen and oxygen atoms in total. The van der Waals surface area contributed by atoms with E-state index >= 15 is 0 Å². The van der Waals surface area contributed by atoms with E-state index in [4.69, 9.17) is 5.26 Å². The van der Waals surface area contributed by atoms with Crippen LogP contribution in [0.15, 0.2) is 53.5 Å². The van der Waals surface area contributed by atoms with Gasteiger partial charge in [0.15, 0.2) is 0 Å². The SMILES string of the molecule is CC1(C)CN(C(=O)Cn2c(=O)c(C(=O)NCCc3ccc(C#N)cc3)cc3cccnc32)C1. The average molecular weight is 444 g/mol. The Morgan fingerprint density at radius 2 is 1.91 bits per heavy atom. The molecule has 33 heavy (non-hydrogen) atoms. The van der Waals surface area contributed by atoms with Crippen molar-refractivity contribution in [3.8, 4) is 6.07 Å². The Morgan fingerprint density at radius 3 is 2.58 bits per heavy atom. The zero-order chi connectivity index (χ0) is 23.6. The minimum absolute atomic E-state index is 0.0212. The molecule has 0 bridgehead atoms. The van der Waals surface area contributed by atoms with E-state index in [1.807, 2.05) is 12.1 Å². The molecule has 0 atom stereocenters. The number of nitriles is 1. The molecule has 0 radical (unpaired) electrons. The predicted octanol–water partition coefficient (Wildman–Crippen LogP) is 2.11. The standard InChI is InChI=1S/C25H25N5O3/c1-25(2)15-29(16-25)21(31)14-30-22-19(4-3-10-27-22)12-20(24(30)33)23(32)28-11-9-17-5-7-18(13-26)8-6-17/h3-8,10,12H,9,11,14-16H2,1-2H3,(H,28,32). The van der Waals surface area contributed by atoms with E-state index in [2.05, 4.69) is 30.2 Å². The summed E-state index contributed by atoms with van der Waals surface area (Å²) in [6.45, 7) is 5.63. The first-order chi connectivity index (χ1) is 15.8. The summed E-state index contributed by atoms with van der Waals surface area (Å²) < 4.78 is 1.29. The van der Waals surface area contributed by atoms with Crippen LogP contribution in [-0.2, 0) is 17.8 Å². The van der Waals surface area contributed by atoms with Crippen molar-refractivity contribution in [3.05, 3.63) is 75.7 Å². The molecule has 4 rings (SSSR count). The summed E-state index contributed by atoms with van der Waals surface area (Å²) in [6, 6.07) is 14.2. The highest BCUT2D eigenvalue weighted by Crippen LogP contribution is 2.28. The van der Waals surface area contributed by atoms with Crippen molar-refractivity contribution in [2.75, 3.05) is 19.6 Å². The number of aromatic nitrogens is 2. The van der Waals surface area contributed by atoms with Gasteiger partial charge in [-0.05, 0) is 47.7 Å². The van der Waals surface area contributed by atoms with E-state index < -0.39 is 11.5 Å². The van der Waals surface area contributed by atoms with Crippen molar-refractivity contribution in [1.82, 2.24) is 19.8 Å². The van der Waals surface area contributed by atoms with Gasteiger partial charge in [0.2, 0.25) is 5.91 Å². The fraction of sp³-hybridized carbons (Fsp3) is 0.320. The number of carbonyl (C=O) groups is 2. The first-order valence-electron chi connectivity index (χ1n) is 10.8. The fourth-order valence-corrected chi connectivity index (χ4v) is 4.08. The number of amides is 2. The molecule has 0 saturated carbocycles. The number of hydrogen-bond donors (Lipinski definition) is 1. The highest BCUT2D eigenvalue weighted by molar-refractivity contribution is 5.97. The molecule has 8 heteroatoms. The van der Waals surface area contributed by atoms with E-state index in [0.29, 0.717) is 42.7 Å². The third-order valence-electron chi connectivity index (χ3n) is 5.76. The molecule has 1 aromatic carbocycles. The largest absolute Gasteiger partial charge is 0.352 e. The smallest absolute Gasteiger partial charge is 0.265 e. The Bertz CT molecular complexity index is 1310. The van der Waals surface area contributed by atoms with Gasteiger partial charge in [0, 0.05) is 31.2 Å². The van der Waals surface area contributed by atoms with Crippen molar-refractivity contribution in [2.45, 2.75) is 26.8 Å². The lowest BCUT2D eigenvalue weighted by Crippen LogP contribution is -2.56. The van der Waals surface area contributed by atoms with Crippen LogP contribution in [0.5, 0.6) is 0 Å². The molecule has 2 amide bonds. The number of fused-ring (bicyclic) bond motifs is 1. The maximum Gasteiger partial charge on any atom is 0.265 e. The van der Waals surface area contributed by atoms with Crippen LogP contribution >= 0.6 is 0 Å². The zero-order valence-corrected chi connectivity index (χ0v) is 18.7. The number of nitrogens with zero attached hydrogens (tertiary/aromatic N) is 4.